The molecular formula is C31H38N2O3. The fourth-order valence-corrected chi connectivity index (χ4v) is 5.35. The number of likely N-dealkylation sites (tertiary alicyclic amines) is 1. The second kappa shape index (κ2) is 11.7. The third-order valence-electron chi connectivity index (χ3n) is 7.50. The van der Waals surface area contributed by atoms with E-state index in [4.69, 9.17) is 14.2 Å². The molecule has 0 saturated carbocycles. The van der Waals surface area contributed by atoms with E-state index in [2.05, 4.69) is 58.3 Å². The van der Waals surface area contributed by atoms with E-state index in [1.54, 1.807) is 14.2 Å². The number of ether oxygens (including phenoxy) is 3. The highest BCUT2D eigenvalue weighted by Crippen LogP contribution is 2.35. The maximum atomic E-state index is 6.15. The van der Waals surface area contributed by atoms with Crippen LogP contribution < -0.4 is 19.1 Å². The van der Waals surface area contributed by atoms with E-state index in [9.17, 15) is 0 Å². The summed E-state index contributed by atoms with van der Waals surface area (Å²) in [6.45, 7) is 6.00. The lowest BCUT2D eigenvalue weighted by atomic mass is 10.0. The summed E-state index contributed by atoms with van der Waals surface area (Å²) in [6, 6.07) is 21.5. The summed E-state index contributed by atoms with van der Waals surface area (Å²) in [7, 11) is 3.44. The van der Waals surface area contributed by atoms with Crippen molar-refractivity contribution in [2.45, 2.75) is 45.2 Å². The van der Waals surface area contributed by atoms with Gasteiger partial charge in [-0.1, -0.05) is 30.7 Å². The standard InChI is InChI=1S/C31H38N2O3/c1-34-28-12-7-24(8-13-28)6-9-25-10-14-29(35-2)21-31(25)33-22-26-11-15-30(20-27(26)23-33)36-19-18-32-16-4-3-5-17-32/h7-8,10-15,20-21H,3-6,9,16-19,22-23H2,1-2H3. The Morgan fingerprint density at radius 2 is 1.42 bits per heavy atom. The molecule has 3 aromatic carbocycles. The van der Waals surface area contributed by atoms with Crippen LogP contribution in [0.2, 0.25) is 0 Å². The van der Waals surface area contributed by atoms with Gasteiger partial charge in [0.05, 0.1) is 14.2 Å². The van der Waals surface area contributed by atoms with Crippen LogP contribution >= 0.6 is 0 Å². The van der Waals surface area contributed by atoms with Gasteiger partial charge in [0.1, 0.15) is 23.9 Å². The molecule has 0 aliphatic carbocycles. The number of fused-ring (bicyclic) bond motifs is 1. The summed E-state index contributed by atoms with van der Waals surface area (Å²) >= 11 is 0. The molecule has 2 aliphatic rings. The largest absolute Gasteiger partial charge is 0.497 e. The van der Waals surface area contributed by atoms with E-state index in [0.29, 0.717) is 0 Å². The molecule has 2 aliphatic heterocycles. The van der Waals surface area contributed by atoms with Crippen molar-refractivity contribution in [3.8, 4) is 17.2 Å². The molecule has 5 nitrogen and oxygen atoms in total. The normalized spacial score (nSPS) is 15.6. The summed E-state index contributed by atoms with van der Waals surface area (Å²) in [5.41, 5.74) is 6.65. The summed E-state index contributed by atoms with van der Waals surface area (Å²) < 4.78 is 17.0. The topological polar surface area (TPSA) is 34.2 Å². The molecule has 0 atom stereocenters. The Morgan fingerprint density at radius 1 is 0.694 bits per heavy atom. The van der Waals surface area contributed by atoms with Gasteiger partial charge in [0.2, 0.25) is 0 Å². The minimum Gasteiger partial charge on any atom is -0.497 e. The average molecular weight is 487 g/mol. The van der Waals surface area contributed by atoms with Crippen molar-refractivity contribution in [3.63, 3.8) is 0 Å². The Kier molecular flexibility index (Phi) is 7.97. The number of aryl methyl sites for hydroxylation is 2. The fourth-order valence-electron chi connectivity index (χ4n) is 5.35. The monoisotopic (exact) mass is 486 g/mol. The quantitative estimate of drug-likeness (QED) is 0.358. The molecule has 36 heavy (non-hydrogen) atoms. The third kappa shape index (κ3) is 5.96. The smallest absolute Gasteiger partial charge is 0.120 e. The number of nitrogens with zero attached hydrogens (tertiary/aromatic N) is 2. The van der Waals surface area contributed by atoms with Crippen LogP contribution in [0.4, 0.5) is 5.69 Å². The summed E-state index contributed by atoms with van der Waals surface area (Å²) in [4.78, 5) is 4.99. The maximum absolute atomic E-state index is 6.15. The molecule has 0 unspecified atom stereocenters. The highest BCUT2D eigenvalue weighted by molar-refractivity contribution is 5.60. The number of benzene rings is 3. The number of rotatable bonds is 10. The minimum atomic E-state index is 0.758. The predicted octanol–water partition coefficient (Wildman–Crippen LogP) is 5.87. The first kappa shape index (κ1) is 24.5. The molecule has 0 radical (unpaired) electrons. The molecule has 0 spiro atoms. The maximum Gasteiger partial charge on any atom is 0.120 e. The first-order valence-corrected chi connectivity index (χ1v) is 13.2. The van der Waals surface area contributed by atoms with E-state index < -0.39 is 0 Å². The molecule has 0 aromatic heterocycles. The second-order valence-electron chi connectivity index (χ2n) is 9.88. The van der Waals surface area contributed by atoms with E-state index in [0.717, 1.165) is 56.3 Å². The van der Waals surface area contributed by atoms with Crippen LogP contribution in [0.5, 0.6) is 17.2 Å². The van der Waals surface area contributed by atoms with E-state index in [1.807, 2.05) is 12.1 Å². The number of piperidine rings is 1. The Labute approximate surface area is 215 Å². The van der Waals surface area contributed by atoms with Crippen LogP contribution in [-0.4, -0.2) is 45.4 Å². The lowest BCUT2D eigenvalue weighted by Crippen LogP contribution is -2.33. The predicted molar refractivity (Wildman–Crippen MR) is 146 cm³/mol. The first-order valence-electron chi connectivity index (χ1n) is 13.2. The molecular weight excluding hydrogens is 448 g/mol. The Balaban J connectivity index is 1.24. The van der Waals surface area contributed by atoms with Gasteiger partial charge in [0.15, 0.2) is 0 Å². The molecule has 190 valence electrons. The van der Waals surface area contributed by atoms with Crippen molar-refractivity contribution < 1.29 is 14.2 Å². The van der Waals surface area contributed by atoms with Crippen LogP contribution in [0, 0.1) is 0 Å². The van der Waals surface area contributed by atoms with Gasteiger partial charge in [-0.2, -0.15) is 0 Å². The Morgan fingerprint density at radius 3 is 2.19 bits per heavy atom. The number of hydrogen-bond acceptors (Lipinski definition) is 5. The van der Waals surface area contributed by atoms with Gasteiger partial charge in [0, 0.05) is 31.4 Å². The first-order chi connectivity index (χ1) is 17.7. The highest BCUT2D eigenvalue weighted by Gasteiger charge is 2.22. The average Bonchev–Trinajstić information content (AvgIpc) is 3.36. The number of methoxy groups -OCH3 is 2. The van der Waals surface area contributed by atoms with Gasteiger partial charge in [-0.25, -0.2) is 0 Å². The van der Waals surface area contributed by atoms with Crippen molar-refractivity contribution in [3.05, 3.63) is 82.9 Å². The fraction of sp³-hybridized carbons (Fsp3) is 0.419. The van der Waals surface area contributed by atoms with Crippen molar-refractivity contribution in [2.24, 2.45) is 0 Å². The lowest BCUT2D eigenvalue weighted by molar-refractivity contribution is 0.183. The van der Waals surface area contributed by atoms with Crippen molar-refractivity contribution >= 4 is 5.69 Å². The third-order valence-corrected chi connectivity index (χ3v) is 7.50. The molecule has 0 N–H and O–H groups in total. The molecule has 5 heteroatoms. The number of anilines is 1. The number of hydrogen-bond donors (Lipinski definition) is 0. The van der Waals surface area contributed by atoms with E-state index in [1.165, 1.54) is 60.3 Å². The van der Waals surface area contributed by atoms with E-state index in [-0.39, 0.29) is 0 Å². The van der Waals surface area contributed by atoms with Gasteiger partial charge in [-0.05, 0) is 91.4 Å². The zero-order chi connectivity index (χ0) is 24.7. The van der Waals surface area contributed by atoms with Crippen LogP contribution in [-0.2, 0) is 25.9 Å². The van der Waals surface area contributed by atoms with Gasteiger partial charge in [0.25, 0.3) is 0 Å². The SMILES string of the molecule is COc1ccc(CCc2ccc(OC)cc2N2Cc3ccc(OCCN4CCCCC4)cc3C2)cc1. The Hall–Kier alpha value is -3.18. The van der Waals surface area contributed by atoms with Gasteiger partial charge in [-0.3, -0.25) is 4.90 Å². The van der Waals surface area contributed by atoms with Crippen LogP contribution in [0.3, 0.4) is 0 Å². The zero-order valence-electron chi connectivity index (χ0n) is 21.7. The van der Waals surface area contributed by atoms with Crippen LogP contribution in [0.1, 0.15) is 41.5 Å². The summed E-state index contributed by atoms with van der Waals surface area (Å²) in [5.74, 6) is 2.78. The lowest BCUT2D eigenvalue weighted by Gasteiger charge is -2.26. The van der Waals surface area contributed by atoms with Crippen molar-refractivity contribution in [1.29, 1.82) is 0 Å². The zero-order valence-corrected chi connectivity index (χ0v) is 21.7. The van der Waals surface area contributed by atoms with Gasteiger partial charge < -0.3 is 19.1 Å². The highest BCUT2D eigenvalue weighted by atomic mass is 16.5. The molecule has 3 aromatic rings. The molecule has 1 saturated heterocycles. The molecule has 0 bridgehead atoms. The van der Waals surface area contributed by atoms with Crippen LogP contribution in [0.25, 0.3) is 0 Å². The molecule has 5 rings (SSSR count). The molecule has 0 amide bonds. The summed E-state index contributed by atoms with van der Waals surface area (Å²) in [6.07, 6.45) is 5.97. The van der Waals surface area contributed by atoms with Gasteiger partial charge >= 0.3 is 0 Å². The van der Waals surface area contributed by atoms with Crippen molar-refractivity contribution in [1.82, 2.24) is 4.90 Å². The summed E-state index contributed by atoms with van der Waals surface area (Å²) in [5, 5.41) is 0. The minimum absolute atomic E-state index is 0.758. The molecule has 2 heterocycles. The Bertz CT molecular complexity index is 1140. The van der Waals surface area contributed by atoms with Crippen molar-refractivity contribution in [2.75, 3.05) is 45.4 Å². The van der Waals surface area contributed by atoms with E-state index >= 15 is 0 Å². The van der Waals surface area contributed by atoms with Crippen LogP contribution in [0.15, 0.2) is 60.7 Å². The second-order valence-corrected chi connectivity index (χ2v) is 9.88. The molecule has 1 fully saturated rings. The van der Waals surface area contributed by atoms with Gasteiger partial charge in [-0.15, -0.1) is 0 Å².